The van der Waals surface area contributed by atoms with Crippen molar-refractivity contribution in [1.82, 2.24) is 10.2 Å². The van der Waals surface area contributed by atoms with Crippen LogP contribution < -0.4 is 5.32 Å². The van der Waals surface area contributed by atoms with Crippen molar-refractivity contribution in [2.24, 2.45) is 0 Å². The van der Waals surface area contributed by atoms with Crippen LogP contribution in [-0.2, 0) is 4.79 Å². The SMILES string of the molecule is CCCCCCC(NC(C)(C)CC)C(=O)N1CC(C)(O)C1. The van der Waals surface area contributed by atoms with Gasteiger partial charge in [0.15, 0.2) is 0 Å². The van der Waals surface area contributed by atoms with E-state index in [-0.39, 0.29) is 17.5 Å². The molecule has 4 nitrogen and oxygen atoms in total. The molecule has 0 spiro atoms. The molecule has 21 heavy (non-hydrogen) atoms. The molecule has 1 unspecified atom stereocenters. The van der Waals surface area contributed by atoms with Gasteiger partial charge in [0.25, 0.3) is 0 Å². The Balaban J connectivity index is 2.56. The van der Waals surface area contributed by atoms with Gasteiger partial charge in [-0.05, 0) is 33.6 Å². The summed E-state index contributed by atoms with van der Waals surface area (Å²) in [6.45, 7) is 11.3. The van der Waals surface area contributed by atoms with Gasteiger partial charge in [0.1, 0.15) is 0 Å². The number of carbonyl (C=O) groups excluding carboxylic acids is 1. The van der Waals surface area contributed by atoms with E-state index >= 15 is 0 Å². The van der Waals surface area contributed by atoms with Crippen LogP contribution in [-0.4, -0.2) is 46.2 Å². The molecule has 0 bridgehead atoms. The fraction of sp³-hybridized carbons (Fsp3) is 0.941. The minimum atomic E-state index is -0.692. The number of rotatable bonds is 9. The Bertz CT molecular complexity index is 332. The van der Waals surface area contributed by atoms with Gasteiger partial charge in [0.2, 0.25) is 5.91 Å². The molecule has 1 fully saturated rings. The molecule has 0 radical (unpaired) electrons. The second-order valence-electron chi connectivity index (χ2n) is 7.47. The van der Waals surface area contributed by atoms with Crippen molar-refractivity contribution in [3.05, 3.63) is 0 Å². The zero-order chi connectivity index (χ0) is 16.1. The van der Waals surface area contributed by atoms with Crippen molar-refractivity contribution in [2.75, 3.05) is 13.1 Å². The van der Waals surface area contributed by atoms with E-state index in [0.717, 1.165) is 19.3 Å². The van der Waals surface area contributed by atoms with Crippen molar-refractivity contribution >= 4 is 5.91 Å². The van der Waals surface area contributed by atoms with Crippen LogP contribution in [0.15, 0.2) is 0 Å². The number of unbranched alkanes of at least 4 members (excludes halogenated alkanes) is 3. The molecular weight excluding hydrogens is 264 g/mol. The molecule has 0 aromatic rings. The van der Waals surface area contributed by atoms with Crippen LogP contribution in [0.1, 0.15) is 73.1 Å². The van der Waals surface area contributed by atoms with Crippen LogP contribution in [0.3, 0.4) is 0 Å². The Morgan fingerprint density at radius 1 is 1.29 bits per heavy atom. The van der Waals surface area contributed by atoms with Crippen molar-refractivity contribution in [3.63, 3.8) is 0 Å². The minimum Gasteiger partial charge on any atom is -0.386 e. The lowest BCUT2D eigenvalue weighted by molar-refractivity contribution is -0.155. The van der Waals surface area contributed by atoms with Gasteiger partial charge >= 0.3 is 0 Å². The van der Waals surface area contributed by atoms with E-state index in [1.54, 1.807) is 11.8 Å². The molecule has 1 heterocycles. The number of aliphatic hydroxyl groups is 1. The summed E-state index contributed by atoms with van der Waals surface area (Å²) in [6, 6.07) is -0.118. The molecular formula is C17H34N2O2. The third-order valence-electron chi connectivity index (χ3n) is 4.47. The standard InChI is InChI=1S/C17H34N2O2/c1-6-8-9-10-11-14(18-16(3,4)7-2)15(20)19-12-17(5,21)13-19/h14,18,21H,6-13H2,1-5H3. The highest BCUT2D eigenvalue weighted by Gasteiger charge is 2.42. The molecule has 1 saturated heterocycles. The van der Waals surface area contributed by atoms with Crippen molar-refractivity contribution in [2.45, 2.75) is 90.3 Å². The zero-order valence-electron chi connectivity index (χ0n) is 14.5. The fourth-order valence-electron chi connectivity index (χ4n) is 2.76. The molecule has 1 amide bonds. The van der Waals surface area contributed by atoms with Gasteiger partial charge in [-0.3, -0.25) is 4.79 Å². The van der Waals surface area contributed by atoms with E-state index in [9.17, 15) is 9.90 Å². The maximum atomic E-state index is 12.6. The van der Waals surface area contributed by atoms with Crippen LogP contribution in [0.2, 0.25) is 0 Å². The summed E-state index contributed by atoms with van der Waals surface area (Å²) in [6.07, 6.45) is 6.59. The Morgan fingerprint density at radius 2 is 1.90 bits per heavy atom. The third-order valence-corrected chi connectivity index (χ3v) is 4.47. The van der Waals surface area contributed by atoms with Gasteiger partial charge < -0.3 is 15.3 Å². The average Bonchev–Trinajstić information content (AvgIpc) is 2.38. The number of hydrogen-bond acceptors (Lipinski definition) is 3. The lowest BCUT2D eigenvalue weighted by Gasteiger charge is -2.46. The number of likely N-dealkylation sites (tertiary alicyclic amines) is 1. The number of β-amino-alcohol motifs (C(OH)–C–C–N with tert-alkyl or cyclic N) is 1. The highest BCUT2D eigenvalue weighted by molar-refractivity contribution is 5.83. The largest absolute Gasteiger partial charge is 0.386 e. The van der Waals surface area contributed by atoms with Gasteiger partial charge in [-0.2, -0.15) is 0 Å². The maximum absolute atomic E-state index is 12.6. The Kier molecular flexibility index (Phi) is 6.67. The lowest BCUT2D eigenvalue weighted by atomic mass is 9.93. The first-order chi connectivity index (χ1) is 9.71. The van der Waals surface area contributed by atoms with Gasteiger partial charge in [-0.25, -0.2) is 0 Å². The van der Waals surface area contributed by atoms with Crippen LogP contribution >= 0.6 is 0 Å². The summed E-state index contributed by atoms with van der Waals surface area (Å²) in [5.74, 6) is 0.152. The molecule has 2 N–H and O–H groups in total. The normalized spacial score (nSPS) is 19.2. The van der Waals surface area contributed by atoms with E-state index in [4.69, 9.17) is 0 Å². The fourth-order valence-corrected chi connectivity index (χ4v) is 2.76. The lowest BCUT2D eigenvalue weighted by Crippen LogP contribution is -2.65. The quantitative estimate of drug-likeness (QED) is 0.644. The Labute approximate surface area is 130 Å². The molecule has 0 saturated carbocycles. The molecule has 0 aromatic carbocycles. The molecule has 0 aromatic heterocycles. The second-order valence-corrected chi connectivity index (χ2v) is 7.47. The number of amides is 1. The minimum absolute atomic E-state index is 0.0293. The molecule has 0 aliphatic carbocycles. The summed E-state index contributed by atoms with van der Waals surface area (Å²) in [7, 11) is 0. The molecule has 1 atom stereocenters. The summed E-state index contributed by atoms with van der Waals surface area (Å²) < 4.78 is 0. The van der Waals surface area contributed by atoms with E-state index < -0.39 is 5.60 Å². The van der Waals surface area contributed by atoms with Gasteiger partial charge in [0, 0.05) is 5.54 Å². The third kappa shape index (κ3) is 5.95. The summed E-state index contributed by atoms with van der Waals surface area (Å²) >= 11 is 0. The van der Waals surface area contributed by atoms with E-state index in [1.807, 2.05) is 0 Å². The van der Waals surface area contributed by atoms with Crippen LogP contribution in [0.25, 0.3) is 0 Å². The first-order valence-corrected chi connectivity index (χ1v) is 8.49. The summed E-state index contributed by atoms with van der Waals surface area (Å²) in [5.41, 5.74) is -0.721. The number of hydrogen-bond donors (Lipinski definition) is 2. The van der Waals surface area contributed by atoms with E-state index in [0.29, 0.717) is 13.1 Å². The molecule has 124 valence electrons. The van der Waals surface area contributed by atoms with Crippen LogP contribution in [0.4, 0.5) is 0 Å². The van der Waals surface area contributed by atoms with Gasteiger partial charge in [-0.1, -0.05) is 39.5 Å². The first kappa shape index (κ1) is 18.4. The maximum Gasteiger partial charge on any atom is 0.239 e. The highest BCUT2D eigenvalue weighted by Crippen LogP contribution is 2.23. The summed E-state index contributed by atoms with van der Waals surface area (Å²) in [5, 5.41) is 13.3. The molecule has 1 aliphatic rings. The number of carbonyl (C=O) groups is 1. The second kappa shape index (κ2) is 7.59. The summed E-state index contributed by atoms with van der Waals surface area (Å²) in [4.78, 5) is 14.4. The van der Waals surface area contributed by atoms with Crippen LogP contribution in [0, 0.1) is 0 Å². The van der Waals surface area contributed by atoms with Crippen LogP contribution in [0.5, 0.6) is 0 Å². The molecule has 1 aliphatic heterocycles. The highest BCUT2D eigenvalue weighted by atomic mass is 16.3. The van der Waals surface area contributed by atoms with Crippen molar-refractivity contribution < 1.29 is 9.90 Å². The van der Waals surface area contributed by atoms with Crippen molar-refractivity contribution in [3.8, 4) is 0 Å². The average molecular weight is 298 g/mol. The van der Waals surface area contributed by atoms with Gasteiger partial charge in [-0.15, -0.1) is 0 Å². The number of nitrogens with one attached hydrogen (secondary N) is 1. The zero-order valence-corrected chi connectivity index (χ0v) is 14.5. The molecule has 4 heteroatoms. The Morgan fingerprint density at radius 3 is 2.38 bits per heavy atom. The predicted molar refractivity (Wildman–Crippen MR) is 87.3 cm³/mol. The van der Waals surface area contributed by atoms with E-state index in [2.05, 4.69) is 33.0 Å². The monoisotopic (exact) mass is 298 g/mol. The van der Waals surface area contributed by atoms with E-state index in [1.165, 1.54) is 19.3 Å². The first-order valence-electron chi connectivity index (χ1n) is 8.49. The molecule has 1 rings (SSSR count). The van der Waals surface area contributed by atoms with Gasteiger partial charge in [0.05, 0.1) is 24.7 Å². The predicted octanol–water partition coefficient (Wildman–Crippen LogP) is 2.70. The smallest absolute Gasteiger partial charge is 0.239 e. The Hall–Kier alpha value is -0.610. The van der Waals surface area contributed by atoms with Crippen molar-refractivity contribution in [1.29, 1.82) is 0 Å². The number of nitrogens with zero attached hydrogens (tertiary/aromatic N) is 1. The topological polar surface area (TPSA) is 52.6 Å².